The molecule has 0 bridgehead atoms. The van der Waals surface area contributed by atoms with Crippen molar-refractivity contribution in [2.24, 2.45) is 17.8 Å². The summed E-state index contributed by atoms with van der Waals surface area (Å²) < 4.78 is 17.9. The molecule has 120 valence electrons. The van der Waals surface area contributed by atoms with E-state index in [4.69, 9.17) is 4.74 Å². The van der Waals surface area contributed by atoms with Crippen molar-refractivity contribution >= 4 is 16.8 Å². The molecule has 3 nitrogen and oxygen atoms in total. The first-order valence-corrected chi connectivity index (χ1v) is 8.87. The van der Waals surface area contributed by atoms with Crippen LogP contribution in [0.2, 0.25) is 0 Å². The van der Waals surface area contributed by atoms with Crippen molar-refractivity contribution in [2.45, 2.75) is 38.5 Å². The number of hydrogen-bond donors (Lipinski definition) is 0. The van der Waals surface area contributed by atoms with Gasteiger partial charge in [0.25, 0.3) is 0 Å². The second-order valence-electron chi connectivity index (χ2n) is 6.17. The maximum atomic E-state index is 12.9. The Morgan fingerprint density at radius 2 is 1.91 bits per heavy atom. The van der Waals surface area contributed by atoms with E-state index >= 15 is 0 Å². The topological polar surface area (TPSA) is 43.4 Å². The fourth-order valence-corrected chi connectivity index (χ4v) is 4.57. The number of carbonyl (C=O) groups is 1. The van der Waals surface area contributed by atoms with E-state index in [1.54, 1.807) is 0 Å². The zero-order valence-corrected chi connectivity index (χ0v) is 14.5. The van der Waals surface area contributed by atoms with Crippen LogP contribution in [0.25, 0.3) is 0 Å². The lowest BCUT2D eigenvalue weighted by molar-refractivity contribution is -0.148. The first kappa shape index (κ1) is 16.9. The molecule has 1 aromatic carbocycles. The predicted molar refractivity (Wildman–Crippen MR) is 88.7 cm³/mol. The average Bonchev–Trinajstić information content (AvgIpc) is 2.96. The van der Waals surface area contributed by atoms with E-state index in [9.17, 15) is 9.00 Å². The molecular formula is C18H24O3S. The Bertz CT molecular complexity index is 587. The molecule has 4 heteroatoms. The molecule has 0 N–H and O–H groups in total. The van der Waals surface area contributed by atoms with E-state index in [0.29, 0.717) is 0 Å². The summed E-state index contributed by atoms with van der Waals surface area (Å²) in [5.41, 5.74) is 1.15. The molecule has 2 rings (SSSR count). The molecule has 0 fully saturated rings. The van der Waals surface area contributed by atoms with Gasteiger partial charge in [-0.3, -0.25) is 4.79 Å². The lowest BCUT2D eigenvalue weighted by atomic mass is 9.83. The molecule has 0 heterocycles. The number of esters is 1. The third-order valence-corrected chi connectivity index (χ3v) is 5.86. The van der Waals surface area contributed by atoms with E-state index in [-0.39, 0.29) is 23.7 Å². The number of methoxy groups -OCH3 is 1. The van der Waals surface area contributed by atoms with Gasteiger partial charge in [-0.2, -0.15) is 0 Å². The number of benzene rings is 1. The van der Waals surface area contributed by atoms with Crippen molar-refractivity contribution in [3.63, 3.8) is 0 Å². The Morgan fingerprint density at radius 3 is 2.45 bits per heavy atom. The number of rotatable bonds is 5. The van der Waals surface area contributed by atoms with Crippen molar-refractivity contribution < 1.29 is 13.7 Å². The van der Waals surface area contributed by atoms with Gasteiger partial charge in [0.2, 0.25) is 0 Å². The van der Waals surface area contributed by atoms with Crippen molar-refractivity contribution in [3.05, 3.63) is 40.8 Å². The number of hydrogen-bond acceptors (Lipinski definition) is 3. The summed E-state index contributed by atoms with van der Waals surface area (Å²) in [6, 6.07) is 7.75. The van der Waals surface area contributed by atoms with Crippen molar-refractivity contribution in [3.8, 4) is 0 Å². The molecule has 0 spiro atoms. The molecule has 0 saturated heterocycles. The van der Waals surface area contributed by atoms with Crippen LogP contribution in [0, 0.1) is 24.7 Å². The summed E-state index contributed by atoms with van der Waals surface area (Å²) in [4.78, 5) is 13.8. The summed E-state index contributed by atoms with van der Waals surface area (Å²) in [5, 5.41) is 0. The summed E-state index contributed by atoms with van der Waals surface area (Å²) in [6.45, 7) is 6.05. The minimum absolute atomic E-state index is 0.00888. The van der Waals surface area contributed by atoms with Gasteiger partial charge in [0.05, 0.1) is 23.8 Å². The van der Waals surface area contributed by atoms with Crippen molar-refractivity contribution in [1.29, 1.82) is 0 Å². The van der Waals surface area contributed by atoms with E-state index in [1.165, 1.54) is 7.11 Å². The molecule has 0 saturated carbocycles. The van der Waals surface area contributed by atoms with Gasteiger partial charge in [0, 0.05) is 15.7 Å². The lowest BCUT2D eigenvalue weighted by Gasteiger charge is -2.26. The normalized spacial score (nSPS) is 20.6. The van der Waals surface area contributed by atoms with Gasteiger partial charge < -0.3 is 4.74 Å². The molecule has 3 atom stereocenters. The van der Waals surface area contributed by atoms with Crippen LogP contribution in [0.1, 0.15) is 32.3 Å². The highest BCUT2D eigenvalue weighted by Gasteiger charge is 2.38. The van der Waals surface area contributed by atoms with Crippen LogP contribution in [-0.4, -0.2) is 17.3 Å². The summed E-state index contributed by atoms with van der Waals surface area (Å²) in [7, 11) is 0.224. The van der Waals surface area contributed by atoms with Crippen LogP contribution < -0.4 is 0 Å². The zero-order valence-electron chi connectivity index (χ0n) is 13.7. The minimum atomic E-state index is -1.20. The quantitative estimate of drug-likeness (QED) is 0.774. The molecule has 0 radical (unpaired) electrons. The summed E-state index contributed by atoms with van der Waals surface area (Å²) in [6.07, 6.45) is 3.78. The zero-order chi connectivity index (χ0) is 16.3. The molecule has 1 aliphatic carbocycles. The highest BCUT2D eigenvalue weighted by atomic mass is 32.2. The highest BCUT2D eigenvalue weighted by molar-refractivity contribution is 7.89. The van der Waals surface area contributed by atoms with Crippen LogP contribution in [0.4, 0.5) is 0 Å². The summed E-state index contributed by atoms with van der Waals surface area (Å²) in [5.74, 6) is -0.259. The standard InChI is InChI=1S/C18H24O3S/c1-12(2)17(18(19)21-4)15-6-5-7-16(15)22(20)14-10-8-13(3)9-11-14/h7-12,15,17H,5-6H2,1-4H3/t15-,17-,22+/m0/s1. The van der Waals surface area contributed by atoms with E-state index in [1.807, 2.05) is 51.1 Å². The number of aryl methyl sites for hydroxylation is 1. The number of allylic oxidation sites excluding steroid dienone is 2. The monoisotopic (exact) mass is 320 g/mol. The van der Waals surface area contributed by atoms with E-state index in [2.05, 4.69) is 0 Å². The third kappa shape index (κ3) is 3.49. The SMILES string of the molecule is COC(=O)[C@@H](C(C)C)[C@H]1CCC=C1[S@](=O)c1ccc(C)cc1. The third-order valence-electron chi connectivity index (χ3n) is 4.26. The summed E-state index contributed by atoms with van der Waals surface area (Å²) >= 11 is 0. The average molecular weight is 320 g/mol. The Kier molecular flexibility index (Phi) is 5.57. The first-order valence-electron chi connectivity index (χ1n) is 7.72. The van der Waals surface area contributed by atoms with Crippen molar-refractivity contribution in [1.82, 2.24) is 0 Å². The van der Waals surface area contributed by atoms with Gasteiger partial charge >= 0.3 is 5.97 Å². The largest absolute Gasteiger partial charge is 0.469 e. The Hall–Kier alpha value is -1.42. The van der Waals surface area contributed by atoms with Gasteiger partial charge in [-0.15, -0.1) is 0 Å². The van der Waals surface area contributed by atoms with E-state index in [0.717, 1.165) is 28.2 Å². The highest BCUT2D eigenvalue weighted by Crippen LogP contribution is 2.40. The van der Waals surface area contributed by atoms with Crippen LogP contribution >= 0.6 is 0 Å². The number of carbonyl (C=O) groups excluding carboxylic acids is 1. The Labute approximate surface area is 135 Å². The fourth-order valence-electron chi connectivity index (χ4n) is 3.10. The number of ether oxygens (including phenoxy) is 1. The maximum absolute atomic E-state index is 12.9. The van der Waals surface area contributed by atoms with Crippen LogP contribution in [-0.2, 0) is 20.3 Å². The molecule has 0 aliphatic heterocycles. The predicted octanol–water partition coefficient (Wildman–Crippen LogP) is 3.84. The fraction of sp³-hybridized carbons (Fsp3) is 0.500. The second kappa shape index (κ2) is 7.23. The molecule has 0 unspecified atom stereocenters. The van der Waals surface area contributed by atoms with Gasteiger partial charge in [-0.05, 0) is 37.8 Å². The van der Waals surface area contributed by atoms with Crippen LogP contribution in [0.5, 0.6) is 0 Å². The molecule has 1 aliphatic rings. The lowest BCUT2D eigenvalue weighted by Crippen LogP contribution is -2.30. The smallest absolute Gasteiger partial charge is 0.309 e. The van der Waals surface area contributed by atoms with Crippen LogP contribution in [0.15, 0.2) is 40.1 Å². The van der Waals surface area contributed by atoms with Gasteiger partial charge in [0.1, 0.15) is 0 Å². The van der Waals surface area contributed by atoms with Gasteiger partial charge in [0.15, 0.2) is 0 Å². The maximum Gasteiger partial charge on any atom is 0.309 e. The van der Waals surface area contributed by atoms with E-state index < -0.39 is 10.8 Å². The molecule has 0 aromatic heterocycles. The molecular weight excluding hydrogens is 296 g/mol. The van der Waals surface area contributed by atoms with Gasteiger partial charge in [-0.1, -0.05) is 37.6 Å². The minimum Gasteiger partial charge on any atom is -0.469 e. The molecule has 1 aromatic rings. The van der Waals surface area contributed by atoms with Crippen LogP contribution in [0.3, 0.4) is 0 Å². The second-order valence-corrected chi connectivity index (χ2v) is 7.65. The first-order chi connectivity index (χ1) is 10.5. The Balaban J connectivity index is 2.27. The van der Waals surface area contributed by atoms with Crippen molar-refractivity contribution in [2.75, 3.05) is 7.11 Å². The molecule has 0 amide bonds. The molecule has 22 heavy (non-hydrogen) atoms. The Morgan fingerprint density at radius 1 is 1.27 bits per heavy atom. The van der Waals surface area contributed by atoms with Gasteiger partial charge in [-0.25, -0.2) is 4.21 Å².